The van der Waals surface area contributed by atoms with Crippen molar-refractivity contribution in [3.63, 3.8) is 0 Å². The highest BCUT2D eigenvalue weighted by molar-refractivity contribution is 7.80. The van der Waals surface area contributed by atoms with E-state index in [0.29, 0.717) is 58.9 Å². The molecule has 1 aliphatic heterocycles. The lowest BCUT2D eigenvalue weighted by Gasteiger charge is -2.37. The minimum atomic E-state index is -0.427. The third-order valence-corrected chi connectivity index (χ3v) is 5.72. The molecule has 168 valence electrons. The van der Waals surface area contributed by atoms with Gasteiger partial charge in [0.15, 0.2) is 10.2 Å². The van der Waals surface area contributed by atoms with E-state index in [1.54, 1.807) is 36.4 Å². The van der Waals surface area contributed by atoms with Gasteiger partial charge in [-0.3, -0.25) is 0 Å². The molecule has 1 aliphatic rings. The molecular formula is C22H24N4O4S2. The van der Waals surface area contributed by atoms with E-state index in [2.05, 4.69) is 10.6 Å². The molecule has 2 aromatic rings. The highest BCUT2D eigenvalue weighted by Crippen LogP contribution is 2.19. The van der Waals surface area contributed by atoms with Gasteiger partial charge in [0.2, 0.25) is 0 Å². The molecule has 1 saturated heterocycles. The van der Waals surface area contributed by atoms with E-state index in [9.17, 15) is 9.59 Å². The molecule has 0 spiro atoms. The molecule has 0 aromatic heterocycles. The van der Waals surface area contributed by atoms with Gasteiger partial charge in [0.1, 0.15) is 0 Å². The SMILES string of the molecule is COC(=O)c1ccccc1NC(=S)N1CCN(C(=S)Nc2ccccc2C(=O)OC)CC1. The van der Waals surface area contributed by atoms with Gasteiger partial charge in [-0.2, -0.15) is 0 Å². The van der Waals surface area contributed by atoms with E-state index < -0.39 is 11.9 Å². The maximum atomic E-state index is 12.0. The van der Waals surface area contributed by atoms with Gasteiger partial charge < -0.3 is 29.9 Å². The average molecular weight is 473 g/mol. The number of nitrogens with zero attached hydrogens (tertiary/aromatic N) is 2. The number of ether oxygens (including phenoxy) is 2. The Morgan fingerprint density at radius 1 is 0.719 bits per heavy atom. The van der Waals surface area contributed by atoms with Crippen LogP contribution >= 0.6 is 24.4 Å². The predicted molar refractivity (Wildman–Crippen MR) is 131 cm³/mol. The van der Waals surface area contributed by atoms with Gasteiger partial charge in [-0.25, -0.2) is 9.59 Å². The maximum Gasteiger partial charge on any atom is 0.339 e. The molecule has 8 nitrogen and oxygen atoms in total. The van der Waals surface area contributed by atoms with Crippen molar-refractivity contribution in [2.45, 2.75) is 0 Å². The van der Waals surface area contributed by atoms with Crippen molar-refractivity contribution >= 4 is 58.0 Å². The Labute approximate surface area is 197 Å². The number of anilines is 2. The van der Waals surface area contributed by atoms with Crippen molar-refractivity contribution in [3.05, 3.63) is 59.7 Å². The lowest BCUT2D eigenvalue weighted by molar-refractivity contribution is 0.0593. The zero-order chi connectivity index (χ0) is 23.1. The van der Waals surface area contributed by atoms with Crippen LogP contribution in [0.25, 0.3) is 0 Å². The van der Waals surface area contributed by atoms with Crippen LogP contribution in [0.15, 0.2) is 48.5 Å². The van der Waals surface area contributed by atoms with Gasteiger partial charge in [-0.15, -0.1) is 0 Å². The van der Waals surface area contributed by atoms with Crippen LogP contribution in [0.2, 0.25) is 0 Å². The molecule has 3 rings (SSSR count). The fourth-order valence-electron chi connectivity index (χ4n) is 3.26. The van der Waals surface area contributed by atoms with Crippen molar-refractivity contribution in [2.24, 2.45) is 0 Å². The van der Waals surface area contributed by atoms with E-state index in [1.807, 2.05) is 21.9 Å². The van der Waals surface area contributed by atoms with Crippen LogP contribution in [0.1, 0.15) is 20.7 Å². The molecule has 32 heavy (non-hydrogen) atoms. The number of piperazine rings is 1. The largest absolute Gasteiger partial charge is 0.465 e. The third-order valence-electron chi connectivity index (χ3n) is 5.00. The highest BCUT2D eigenvalue weighted by Gasteiger charge is 2.23. The van der Waals surface area contributed by atoms with Crippen LogP contribution in [0.5, 0.6) is 0 Å². The molecule has 0 saturated carbocycles. The first kappa shape index (κ1) is 23.4. The summed E-state index contributed by atoms with van der Waals surface area (Å²) in [5, 5.41) is 7.34. The minimum absolute atomic E-state index is 0.422. The van der Waals surface area contributed by atoms with E-state index in [1.165, 1.54) is 14.2 Å². The second-order valence-electron chi connectivity index (χ2n) is 6.91. The Hall–Kier alpha value is -3.24. The standard InChI is InChI=1S/C22H24N4O4S2/c1-29-19(27)15-7-3-5-9-17(15)23-21(31)25-11-13-26(14-12-25)22(32)24-18-10-6-4-8-16(18)20(28)30-2/h3-10H,11-14H2,1-2H3,(H,23,31)(H,24,32). The van der Waals surface area contributed by atoms with Crippen LogP contribution in [0.4, 0.5) is 11.4 Å². The van der Waals surface area contributed by atoms with Gasteiger partial charge in [-0.1, -0.05) is 24.3 Å². The summed E-state index contributed by atoms with van der Waals surface area (Å²) in [7, 11) is 2.69. The molecule has 1 fully saturated rings. The zero-order valence-corrected chi connectivity index (χ0v) is 19.4. The lowest BCUT2D eigenvalue weighted by Crippen LogP contribution is -2.52. The summed E-state index contributed by atoms with van der Waals surface area (Å²) in [5.74, 6) is -0.853. The summed E-state index contributed by atoms with van der Waals surface area (Å²) < 4.78 is 9.66. The summed E-state index contributed by atoms with van der Waals surface area (Å²) in [6.45, 7) is 2.58. The Morgan fingerprint density at radius 2 is 1.06 bits per heavy atom. The van der Waals surface area contributed by atoms with Crippen molar-refractivity contribution in [3.8, 4) is 0 Å². The maximum absolute atomic E-state index is 12.0. The van der Waals surface area contributed by atoms with Gasteiger partial charge >= 0.3 is 11.9 Å². The fraction of sp³-hybridized carbons (Fsp3) is 0.273. The number of methoxy groups -OCH3 is 2. The summed E-state index contributed by atoms with van der Waals surface area (Å²) in [5.41, 5.74) is 2.04. The average Bonchev–Trinajstić information content (AvgIpc) is 2.83. The normalized spacial score (nSPS) is 13.2. The monoisotopic (exact) mass is 472 g/mol. The first-order valence-corrected chi connectivity index (χ1v) is 10.7. The Bertz CT molecular complexity index is 941. The molecule has 2 N–H and O–H groups in total. The molecule has 2 aromatic carbocycles. The van der Waals surface area contributed by atoms with Gasteiger partial charge in [0, 0.05) is 26.2 Å². The first-order valence-electron chi connectivity index (χ1n) is 9.91. The Kier molecular flexibility index (Phi) is 7.96. The number of hydrogen-bond acceptors (Lipinski definition) is 6. The molecule has 0 bridgehead atoms. The van der Waals surface area contributed by atoms with Crippen molar-refractivity contribution in [1.29, 1.82) is 0 Å². The number of rotatable bonds is 4. The Morgan fingerprint density at radius 3 is 1.41 bits per heavy atom. The molecule has 0 atom stereocenters. The van der Waals surface area contributed by atoms with E-state index in [4.69, 9.17) is 33.9 Å². The van der Waals surface area contributed by atoms with E-state index in [-0.39, 0.29) is 0 Å². The van der Waals surface area contributed by atoms with Crippen LogP contribution < -0.4 is 10.6 Å². The molecule has 10 heteroatoms. The number of carbonyl (C=O) groups excluding carboxylic acids is 2. The van der Waals surface area contributed by atoms with E-state index in [0.717, 1.165) is 0 Å². The number of nitrogens with one attached hydrogen (secondary N) is 2. The number of thiocarbonyl (C=S) groups is 2. The smallest absolute Gasteiger partial charge is 0.339 e. The van der Waals surface area contributed by atoms with Crippen LogP contribution in [-0.4, -0.2) is 72.4 Å². The predicted octanol–water partition coefficient (Wildman–Crippen LogP) is 2.97. The second-order valence-corrected chi connectivity index (χ2v) is 7.68. The quantitative estimate of drug-likeness (QED) is 0.512. The molecule has 0 unspecified atom stereocenters. The molecule has 0 amide bonds. The number of carbonyl (C=O) groups is 2. The number of para-hydroxylation sites is 2. The second kappa shape index (κ2) is 10.9. The summed E-state index contributed by atoms with van der Waals surface area (Å²) in [6, 6.07) is 14.1. The minimum Gasteiger partial charge on any atom is -0.465 e. The van der Waals surface area contributed by atoms with Gasteiger partial charge in [0.05, 0.1) is 36.7 Å². The van der Waals surface area contributed by atoms with Crippen LogP contribution in [0, 0.1) is 0 Å². The van der Waals surface area contributed by atoms with Crippen molar-refractivity contribution in [2.75, 3.05) is 51.0 Å². The van der Waals surface area contributed by atoms with Crippen LogP contribution in [0.3, 0.4) is 0 Å². The molecule has 0 aliphatic carbocycles. The Balaban J connectivity index is 1.58. The van der Waals surface area contributed by atoms with Crippen molar-refractivity contribution < 1.29 is 19.1 Å². The number of benzene rings is 2. The van der Waals surface area contributed by atoms with Crippen LogP contribution in [-0.2, 0) is 9.47 Å². The molecular weight excluding hydrogens is 448 g/mol. The first-order chi connectivity index (χ1) is 15.4. The number of hydrogen-bond donors (Lipinski definition) is 2. The topological polar surface area (TPSA) is 83.1 Å². The lowest BCUT2D eigenvalue weighted by atomic mass is 10.2. The van der Waals surface area contributed by atoms with Crippen molar-refractivity contribution in [1.82, 2.24) is 9.80 Å². The number of esters is 2. The van der Waals surface area contributed by atoms with Gasteiger partial charge in [0.25, 0.3) is 0 Å². The van der Waals surface area contributed by atoms with E-state index >= 15 is 0 Å². The third kappa shape index (κ3) is 5.51. The summed E-state index contributed by atoms with van der Waals surface area (Å²) in [4.78, 5) is 28.0. The fourth-order valence-corrected chi connectivity index (χ4v) is 3.85. The molecule has 1 heterocycles. The highest BCUT2D eigenvalue weighted by atomic mass is 32.1. The summed E-state index contributed by atoms with van der Waals surface area (Å²) >= 11 is 11.1. The molecule has 0 radical (unpaired) electrons. The zero-order valence-electron chi connectivity index (χ0n) is 17.8. The van der Waals surface area contributed by atoms with Gasteiger partial charge in [-0.05, 0) is 48.7 Å². The summed E-state index contributed by atoms with van der Waals surface area (Å²) in [6.07, 6.45) is 0.